The molecule has 0 radical (unpaired) electrons. The standard InChI is InChI=1S/C12H8Br2N2O4/c1-19-8-2-3-11(9(14)5-8)20-12-10(16(17)18)4-7(13)6-15-12/h2-6H,1H3. The highest BCUT2D eigenvalue weighted by atomic mass is 79.9. The van der Waals surface area contributed by atoms with E-state index < -0.39 is 4.92 Å². The fourth-order valence-corrected chi connectivity index (χ4v) is 2.18. The van der Waals surface area contributed by atoms with Crippen molar-refractivity contribution in [1.82, 2.24) is 4.98 Å². The van der Waals surface area contributed by atoms with Crippen molar-refractivity contribution in [3.05, 3.63) is 49.5 Å². The maximum Gasteiger partial charge on any atom is 0.332 e. The van der Waals surface area contributed by atoms with E-state index in [1.54, 1.807) is 25.3 Å². The number of methoxy groups -OCH3 is 1. The number of nitro groups is 1. The molecule has 0 saturated carbocycles. The van der Waals surface area contributed by atoms with Gasteiger partial charge in [-0.2, -0.15) is 0 Å². The molecule has 0 amide bonds. The first-order chi connectivity index (χ1) is 9.51. The van der Waals surface area contributed by atoms with Crippen LogP contribution in [0, 0.1) is 10.1 Å². The quantitative estimate of drug-likeness (QED) is 0.561. The van der Waals surface area contributed by atoms with E-state index in [-0.39, 0.29) is 11.6 Å². The monoisotopic (exact) mass is 402 g/mol. The van der Waals surface area contributed by atoms with Crippen molar-refractivity contribution >= 4 is 37.5 Å². The molecule has 20 heavy (non-hydrogen) atoms. The van der Waals surface area contributed by atoms with E-state index in [2.05, 4.69) is 36.8 Å². The number of pyridine rings is 1. The number of hydrogen-bond donors (Lipinski definition) is 0. The van der Waals surface area contributed by atoms with Crippen LogP contribution in [0.1, 0.15) is 0 Å². The van der Waals surface area contributed by atoms with Gasteiger partial charge >= 0.3 is 5.69 Å². The summed E-state index contributed by atoms with van der Waals surface area (Å²) >= 11 is 6.44. The van der Waals surface area contributed by atoms with Crippen molar-refractivity contribution in [3.63, 3.8) is 0 Å². The third-order valence-electron chi connectivity index (χ3n) is 2.34. The first-order valence-corrected chi connectivity index (χ1v) is 6.91. The van der Waals surface area contributed by atoms with E-state index in [9.17, 15) is 10.1 Å². The highest BCUT2D eigenvalue weighted by molar-refractivity contribution is 9.10. The van der Waals surface area contributed by atoms with Crippen LogP contribution < -0.4 is 9.47 Å². The van der Waals surface area contributed by atoms with Crippen molar-refractivity contribution in [3.8, 4) is 17.4 Å². The second-order valence-electron chi connectivity index (χ2n) is 3.63. The number of nitrogens with zero attached hydrogens (tertiary/aromatic N) is 2. The summed E-state index contributed by atoms with van der Waals surface area (Å²) in [5.41, 5.74) is -0.220. The van der Waals surface area contributed by atoms with Crippen LogP contribution in [-0.2, 0) is 0 Å². The Bertz CT molecular complexity index is 664. The summed E-state index contributed by atoms with van der Waals surface area (Å²) in [6.45, 7) is 0. The highest BCUT2D eigenvalue weighted by Gasteiger charge is 2.19. The van der Waals surface area contributed by atoms with E-state index in [0.717, 1.165) is 0 Å². The number of halogens is 2. The van der Waals surface area contributed by atoms with Crippen LogP contribution in [0.25, 0.3) is 0 Å². The summed E-state index contributed by atoms with van der Waals surface area (Å²) in [5, 5.41) is 11.0. The van der Waals surface area contributed by atoms with E-state index in [1.807, 2.05) is 0 Å². The van der Waals surface area contributed by atoms with Crippen molar-refractivity contribution < 1.29 is 14.4 Å². The second-order valence-corrected chi connectivity index (χ2v) is 5.40. The molecule has 0 fully saturated rings. The zero-order valence-electron chi connectivity index (χ0n) is 10.2. The Labute approximate surface area is 131 Å². The summed E-state index contributed by atoms with van der Waals surface area (Å²) in [4.78, 5) is 14.3. The predicted molar refractivity (Wildman–Crippen MR) is 79.4 cm³/mol. The summed E-state index contributed by atoms with van der Waals surface area (Å²) in [6, 6.07) is 6.35. The van der Waals surface area contributed by atoms with Gasteiger partial charge in [0.15, 0.2) is 0 Å². The lowest BCUT2D eigenvalue weighted by Crippen LogP contribution is -1.96. The minimum absolute atomic E-state index is 0.0796. The molecule has 1 heterocycles. The minimum atomic E-state index is -0.551. The Balaban J connectivity index is 2.37. The van der Waals surface area contributed by atoms with Crippen molar-refractivity contribution in [1.29, 1.82) is 0 Å². The Morgan fingerprint density at radius 2 is 2.05 bits per heavy atom. The van der Waals surface area contributed by atoms with Gasteiger partial charge in [0.1, 0.15) is 11.5 Å². The molecular formula is C12H8Br2N2O4. The van der Waals surface area contributed by atoms with Gasteiger partial charge in [0.25, 0.3) is 5.88 Å². The van der Waals surface area contributed by atoms with E-state index in [4.69, 9.17) is 9.47 Å². The smallest absolute Gasteiger partial charge is 0.332 e. The van der Waals surface area contributed by atoms with Gasteiger partial charge in [-0.1, -0.05) is 0 Å². The van der Waals surface area contributed by atoms with Crippen LogP contribution in [-0.4, -0.2) is 17.0 Å². The van der Waals surface area contributed by atoms with Crippen LogP contribution >= 0.6 is 31.9 Å². The number of ether oxygens (including phenoxy) is 2. The lowest BCUT2D eigenvalue weighted by molar-refractivity contribution is -0.386. The van der Waals surface area contributed by atoms with Gasteiger partial charge in [-0.3, -0.25) is 10.1 Å². The van der Waals surface area contributed by atoms with E-state index >= 15 is 0 Å². The minimum Gasteiger partial charge on any atom is -0.497 e. The Morgan fingerprint density at radius 3 is 2.65 bits per heavy atom. The second kappa shape index (κ2) is 6.19. The average molecular weight is 404 g/mol. The lowest BCUT2D eigenvalue weighted by atomic mass is 10.3. The van der Waals surface area contributed by atoms with Crippen LogP contribution in [0.2, 0.25) is 0 Å². The molecule has 104 valence electrons. The molecule has 0 aliphatic heterocycles. The third-order valence-corrected chi connectivity index (χ3v) is 3.39. The van der Waals surface area contributed by atoms with Gasteiger partial charge in [-0.05, 0) is 50.1 Å². The Hall–Kier alpha value is -1.67. The normalized spacial score (nSPS) is 10.2. The molecule has 8 heteroatoms. The van der Waals surface area contributed by atoms with Gasteiger partial charge < -0.3 is 9.47 Å². The van der Waals surface area contributed by atoms with E-state index in [1.165, 1.54) is 12.3 Å². The number of benzene rings is 1. The van der Waals surface area contributed by atoms with Crippen molar-refractivity contribution in [2.75, 3.05) is 7.11 Å². The molecule has 6 nitrogen and oxygen atoms in total. The molecule has 2 rings (SSSR count). The summed E-state index contributed by atoms with van der Waals surface area (Å²) in [5.74, 6) is 0.968. The maximum atomic E-state index is 11.0. The first kappa shape index (κ1) is 14.7. The van der Waals surface area contributed by atoms with Gasteiger partial charge in [0.2, 0.25) is 0 Å². The van der Waals surface area contributed by atoms with Crippen LogP contribution in [0.4, 0.5) is 5.69 Å². The van der Waals surface area contributed by atoms with Crippen LogP contribution in [0.15, 0.2) is 39.4 Å². The fourth-order valence-electron chi connectivity index (χ4n) is 1.42. The molecule has 0 aliphatic rings. The summed E-state index contributed by atoms with van der Waals surface area (Å²) in [7, 11) is 1.55. The molecule has 0 N–H and O–H groups in total. The highest BCUT2D eigenvalue weighted by Crippen LogP contribution is 2.36. The van der Waals surface area contributed by atoms with Gasteiger partial charge in [-0.25, -0.2) is 4.98 Å². The predicted octanol–water partition coefficient (Wildman–Crippen LogP) is 4.32. The van der Waals surface area contributed by atoms with Gasteiger partial charge in [-0.15, -0.1) is 0 Å². The Morgan fingerprint density at radius 1 is 1.30 bits per heavy atom. The molecule has 0 aliphatic carbocycles. The molecule has 0 bridgehead atoms. The third kappa shape index (κ3) is 3.26. The molecule has 0 atom stereocenters. The molecule has 1 aromatic carbocycles. The molecule has 0 saturated heterocycles. The first-order valence-electron chi connectivity index (χ1n) is 5.32. The average Bonchev–Trinajstić information content (AvgIpc) is 2.42. The number of hydrogen-bond acceptors (Lipinski definition) is 5. The maximum absolute atomic E-state index is 11.0. The zero-order chi connectivity index (χ0) is 14.7. The summed E-state index contributed by atoms with van der Waals surface area (Å²) in [6.07, 6.45) is 1.43. The van der Waals surface area contributed by atoms with Crippen molar-refractivity contribution in [2.45, 2.75) is 0 Å². The molecule has 1 aromatic heterocycles. The van der Waals surface area contributed by atoms with Gasteiger partial charge in [0, 0.05) is 16.7 Å². The summed E-state index contributed by atoms with van der Waals surface area (Å²) < 4.78 is 11.7. The van der Waals surface area contributed by atoms with Crippen LogP contribution in [0.3, 0.4) is 0 Å². The topological polar surface area (TPSA) is 74.5 Å². The number of rotatable bonds is 4. The van der Waals surface area contributed by atoms with Crippen LogP contribution in [0.5, 0.6) is 17.4 Å². The fraction of sp³-hybridized carbons (Fsp3) is 0.0833. The van der Waals surface area contributed by atoms with E-state index in [0.29, 0.717) is 20.4 Å². The molecule has 2 aromatic rings. The molecular weight excluding hydrogens is 396 g/mol. The van der Waals surface area contributed by atoms with Crippen molar-refractivity contribution in [2.24, 2.45) is 0 Å². The number of aromatic nitrogens is 1. The largest absolute Gasteiger partial charge is 0.497 e. The lowest BCUT2D eigenvalue weighted by Gasteiger charge is -2.08. The zero-order valence-corrected chi connectivity index (χ0v) is 13.3. The van der Waals surface area contributed by atoms with Gasteiger partial charge in [0.05, 0.1) is 16.5 Å². The Kier molecular flexibility index (Phi) is 4.56. The molecule has 0 spiro atoms. The molecule has 0 unspecified atom stereocenters. The SMILES string of the molecule is COc1ccc(Oc2ncc(Br)cc2[N+](=O)[O-])c(Br)c1.